The number of rotatable bonds is 3. The Morgan fingerprint density at radius 3 is 2.81 bits per heavy atom. The van der Waals surface area contributed by atoms with Gasteiger partial charge in [-0.2, -0.15) is 5.26 Å². The fourth-order valence-corrected chi connectivity index (χ4v) is 1.78. The molecule has 16 heavy (non-hydrogen) atoms. The summed E-state index contributed by atoms with van der Waals surface area (Å²) in [5.41, 5.74) is 1.88. The van der Waals surface area contributed by atoms with Crippen LogP contribution in [0.4, 0.5) is 0 Å². The van der Waals surface area contributed by atoms with Crippen molar-refractivity contribution in [2.45, 2.75) is 20.3 Å². The number of ether oxygens (including phenoxy) is 1. The van der Waals surface area contributed by atoms with Crippen LogP contribution in [0.1, 0.15) is 23.6 Å². The Labute approximate surface area is 99.6 Å². The van der Waals surface area contributed by atoms with Crippen LogP contribution in [0, 0.1) is 18.3 Å². The summed E-state index contributed by atoms with van der Waals surface area (Å²) in [6.45, 7) is 3.94. The van der Waals surface area contributed by atoms with Crippen molar-refractivity contribution in [1.82, 2.24) is 0 Å². The zero-order valence-corrected chi connectivity index (χ0v) is 9.97. The fourth-order valence-electron chi connectivity index (χ4n) is 1.45. The van der Waals surface area contributed by atoms with Crippen molar-refractivity contribution in [3.63, 3.8) is 0 Å². The lowest BCUT2D eigenvalue weighted by atomic mass is 10.0. The van der Waals surface area contributed by atoms with E-state index in [1.807, 2.05) is 13.0 Å². The van der Waals surface area contributed by atoms with Crippen molar-refractivity contribution in [2.24, 2.45) is 0 Å². The van der Waals surface area contributed by atoms with Crippen LogP contribution < -0.4 is 0 Å². The first-order valence-corrected chi connectivity index (χ1v) is 5.31. The number of nitrogens with zero attached hydrogens (tertiary/aromatic N) is 1. The summed E-state index contributed by atoms with van der Waals surface area (Å²) in [5, 5.41) is 9.32. The molecule has 0 saturated heterocycles. The second-order valence-corrected chi connectivity index (χ2v) is 3.78. The van der Waals surface area contributed by atoms with Crippen molar-refractivity contribution < 1.29 is 9.53 Å². The number of hydrogen-bond acceptors (Lipinski definition) is 3. The molecular weight excluding hydrogens is 226 g/mol. The van der Waals surface area contributed by atoms with Crippen LogP contribution >= 0.6 is 11.6 Å². The summed E-state index contributed by atoms with van der Waals surface area (Å²) in [6.07, 6.45) is 0.0815. The standard InChI is InChI=1S/C12H12ClNO2/c1-3-16-12(15)6-9-4-8(2)5-11(13)10(9)7-14/h4-5H,3,6H2,1-2H3. The highest BCUT2D eigenvalue weighted by Crippen LogP contribution is 2.22. The van der Waals surface area contributed by atoms with Crippen LogP contribution in [-0.4, -0.2) is 12.6 Å². The molecule has 84 valence electrons. The maximum absolute atomic E-state index is 11.3. The summed E-state index contributed by atoms with van der Waals surface area (Å²) in [5.74, 6) is -0.347. The largest absolute Gasteiger partial charge is 0.466 e. The van der Waals surface area contributed by atoms with Crippen LogP contribution in [0.3, 0.4) is 0 Å². The van der Waals surface area contributed by atoms with Gasteiger partial charge in [0.05, 0.1) is 23.6 Å². The number of benzene rings is 1. The Balaban J connectivity index is 3.04. The van der Waals surface area contributed by atoms with Gasteiger partial charge >= 0.3 is 5.97 Å². The summed E-state index contributed by atoms with van der Waals surface area (Å²) >= 11 is 5.92. The molecule has 1 aromatic rings. The quantitative estimate of drug-likeness (QED) is 0.760. The smallest absolute Gasteiger partial charge is 0.310 e. The van der Waals surface area contributed by atoms with Gasteiger partial charge in [-0.1, -0.05) is 17.7 Å². The second kappa shape index (κ2) is 5.53. The lowest BCUT2D eigenvalue weighted by Crippen LogP contribution is -2.09. The summed E-state index contributed by atoms with van der Waals surface area (Å²) in [7, 11) is 0. The Morgan fingerprint density at radius 2 is 2.25 bits per heavy atom. The molecule has 0 heterocycles. The van der Waals surface area contributed by atoms with E-state index in [0.29, 0.717) is 22.8 Å². The average molecular weight is 238 g/mol. The Hall–Kier alpha value is -1.53. The van der Waals surface area contributed by atoms with Gasteiger partial charge in [-0.25, -0.2) is 0 Å². The van der Waals surface area contributed by atoms with Gasteiger partial charge in [-0.3, -0.25) is 4.79 Å². The number of aryl methyl sites for hydroxylation is 1. The SMILES string of the molecule is CCOC(=O)Cc1cc(C)cc(Cl)c1C#N. The topological polar surface area (TPSA) is 50.1 Å². The number of hydrogen-bond donors (Lipinski definition) is 0. The van der Waals surface area contributed by atoms with E-state index in [1.54, 1.807) is 19.1 Å². The van der Waals surface area contributed by atoms with E-state index in [-0.39, 0.29) is 12.4 Å². The molecule has 0 atom stereocenters. The van der Waals surface area contributed by atoms with E-state index in [4.69, 9.17) is 21.6 Å². The van der Waals surface area contributed by atoms with E-state index in [0.717, 1.165) is 5.56 Å². The third-order valence-electron chi connectivity index (χ3n) is 2.07. The lowest BCUT2D eigenvalue weighted by molar-refractivity contribution is -0.142. The summed E-state index contributed by atoms with van der Waals surface area (Å²) < 4.78 is 4.83. The molecule has 0 bridgehead atoms. The molecule has 0 radical (unpaired) electrons. The third kappa shape index (κ3) is 2.98. The minimum Gasteiger partial charge on any atom is -0.466 e. The van der Waals surface area contributed by atoms with Gasteiger partial charge < -0.3 is 4.74 Å². The van der Waals surface area contributed by atoms with Crippen molar-refractivity contribution in [3.05, 3.63) is 33.8 Å². The molecule has 0 amide bonds. The third-order valence-corrected chi connectivity index (χ3v) is 2.37. The highest BCUT2D eigenvalue weighted by atomic mass is 35.5. The predicted molar refractivity (Wildman–Crippen MR) is 61.2 cm³/mol. The van der Waals surface area contributed by atoms with Gasteiger partial charge in [0.15, 0.2) is 0 Å². The number of carbonyl (C=O) groups is 1. The van der Waals surface area contributed by atoms with Gasteiger partial charge in [0.2, 0.25) is 0 Å². The minimum absolute atomic E-state index is 0.0815. The molecule has 0 N–H and O–H groups in total. The molecule has 0 spiro atoms. The van der Waals surface area contributed by atoms with Crippen LogP contribution in [-0.2, 0) is 16.0 Å². The molecule has 0 fully saturated rings. The van der Waals surface area contributed by atoms with Crippen LogP contribution in [0.5, 0.6) is 0 Å². The molecule has 0 aromatic heterocycles. The van der Waals surface area contributed by atoms with Crippen LogP contribution in [0.15, 0.2) is 12.1 Å². The second-order valence-electron chi connectivity index (χ2n) is 3.37. The summed E-state index contributed by atoms with van der Waals surface area (Å²) in [6, 6.07) is 5.48. The Bertz CT molecular complexity index is 449. The van der Waals surface area contributed by atoms with E-state index < -0.39 is 0 Å². The highest BCUT2D eigenvalue weighted by Gasteiger charge is 2.12. The normalized spacial score (nSPS) is 9.62. The monoisotopic (exact) mass is 237 g/mol. The number of halogens is 1. The van der Waals surface area contributed by atoms with Crippen molar-refractivity contribution in [2.75, 3.05) is 6.61 Å². The highest BCUT2D eigenvalue weighted by molar-refractivity contribution is 6.31. The van der Waals surface area contributed by atoms with E-state index >= 15 is 0 Å². The van der Waals surface area contributed by atoms with Crippen LogP contribution in [0.2, 0.25) is 5.02 Å². The Kier molecular flexibility index (Phi) is 4.33. The maximum Gasteiger partial charge on any atom is 0.310 e. The number of carbonyl (C=O) groups excluding carboxylic acids is 1. The molecule has 0 aliphatic carbocycles. The number of esters is 1. The van der Waals surface area contributed by atoms with E-state index in [1.165, 1.54) is 0 Å². The zero-order chi connectivity index (χ0) is 12.1. The molecule has 0 saturated carbocycles. The molecular formula is C12H12ClNO2. The molecule has 0 unspecified atom stereocenters. The summed E-state index contributed by atoms with van der Waals surface area (Å²) in [4.78, 5) is 11.3. The van der Waals surface area contributed by atoms with Crippen molar-refractivity contribution >= 4 is 17.6 Å². The van der Waals surface area contributed by atoms with Gasteiger partial charge in [0.1, 0.15) is 6.07 Å². The molecule has 4 heteroatoms. The molecule has 0 aliphatic heterocycles. The molecule has 1 aromatic carbocycles. The first-order valence-electron chi connectivity index (χ1n) is 4.93. The van der Waals surface area contributed by atoms with Gasteiger partial charge in [-0.15, -0.1) is 0 Å². The molecule has 0 aliphatic rings. The Morgan fingerprint density at radius 1 is 1.56 bits per heavy atom. The van der Waals surface area contributed by atoms with Crippen molar-refractivity contribution in [1.29, 1.82) is 5.26 Å². The van der Waals surface area contributed by atoms with Crippen molar-refractivity contribution in [3.8, 4) is 6.07 Å². The lowest BCUT2D eigenvalue weighted by Gasteiger charge is -2.07. The minimum atomic E-state index is -0.347. The fraction of sp³-hybridized carbons (Fsp3) is 0.333. The first kappa shape index (κ1) is 12.5. The first-order chi connectivity index (χ1) is 7.58. The molecule has 1 rings (SSSR count). The van der Waals surface area contributed by atoms with Gasteiger partial charge in [0.25, 0.3) is 0 Å². The van der Waals surface area contributed by atoms with Crippen LogP contribution in [0.25, 0.3) is 0 Å². The number of nitriles is 1. The van der Waals surface area contributed by atoms with Gasteiger partial charge in [-0.05, 0) is 31.0 Å². The van der Waals surface area contributed by atoms with Gasteiger partial charge in [0, 0.05) is 0 Å². The maximum atomic E-state index is 11.3. The predicted octanol–water partition coefficient (Wildman–Crippen LogP) is 2.63. The van der Waals surface area contributed by atoms with E-state index in [9.17, 15) is 4.79 Å². The van der Waals surface area contributed by atoms with E-state index in [2.05, 4.69) is 0 Å². The average Bonchev–Trinajstić information content (AvgIpc) is 2.17. The molecule has 3 nitrogen and oxygen atoms in total. The zero-order valence-electron chi connectivity index (χ0n) is 9.21.